The van der Waals surface area contributed by atoms with E-state index in [2.05, 4.69) is 15.3 Å². The number of nitrogens with one attached hydrogen (secondary N) is 1. The van der Waals surface area contributed by atoms with Gasteiger partial charge in [0.25, 0.3) is 11.6 Å². The number of anilines is 1. The third-order valence-electron chi connectivity index (χ3n) is 4.70. The van der Waals surface area contributed by atoms with Crippen molar-refractivity contribution in [2.24, 2.45) is 0 Å². The van der Waals surface area contributed by atoms with Gasteiger partial charge in [0.1, 0.15) is 5.69 Å². The number of nitro groups is 1. The highest BCUT2D eigenvalue weighted by Gasteiger charge is 2.25. The number of hydrogen-bond donors (Lipinski definition) is 1. The lowest BCUT2D eigenvalue weighted by Crippen LogP contribution is -2.36. The fraction of sp³-hybridized carbons (Fsp3) is 0.200. The molecule has 152 valence electrons. The van der Waals surface area contributed by atoms with Crippen LogP contribution in [0.4, 0.5) is 10.8 Å². The zero-order chi connectivity index (χ0) is 21.1. The minimum absolute atomic E-state index is 0.00116. The van der Waals surface area contributed by atoms with Crippen LogP contribution in [0.25, 0.3) is 0 Å². The molecule has 0 aliphatic carbocycles. The van der Waals surface area contributed by atoms with E-state index in [1.54, 1.807) is 41.4 Å². The maximum Gasteiger partial charge on any atom is 0.276 e. The van der Waals surface area contributed by atoms with E-state index in [-0.39, 0.29) is 23.9 Å². The highest BCUT2D eigenvalue weighted by atomic mass is 32.1. The Balaban J connectivity index is 1.39. The van der Waals surface area contributed by atoms with E-state index in [0.717, 1.165) is 16.1 Å². The summed E-state index contributed by atoms with van der Waals surface area (Å²) in [7, 11) is 0. The van der Waals surface area contributed by atoms with Gasteiger partial charge in [0.05, 0.1) is 23.6 Å². The Morgan fingerprint density at radius 2 is 2.00 bits per heavy atom. The number of carbonyl (C=O) groups excluding carboxylic acids is 2. The first kappa shape index (κ1) is 19.6. The number of benzene rings is 1. The average Bonchev–Trinajstić information content (AvgIpc) is 3.16. The van der Waals surface area contributed by atoms with Gasteiger partial charge in [-0.15, -0.1) is 0 Å². The SMILES string of the molecule is O=C(Nc1nc2c(s1)CN(C(=O)Cc1ccc([N+](=O)[O-])cc1)CC2)c1ccccn1. The highest BCUT2D eigenvalue weighted by molar-refractivity contribution is 7.15. The molecule has 3 aromatic rings. The lowest BCUT2D eigenvalue weighted by molar-refractivity contribution is -0.384. The van der Waals surface area contributed by atoms with Gasteiger partial charge >= 0.3 is 0 Å². The van der Waals surface area contributed by atoms with E-state index in [0.29, 0.717) is 30.3 Å². The molecule has 0 spiro atoms. The number of pyridine rings is 1. The molecule has 0 saturated heterocycles. The molecule has 0 unspecified atom stereocenters. The molecule has 0 saturated carbocycles. The molecule has 0 radical (unpaired) electrons. The molecule has 1 aliphatic heterocycles. The van der Waals surface area contributed by atoms with Gasteiger partial charge in [-0.1, -0.05) is 29.5 Å². The molecule has 1 aromatic carbocycles. The maximum absolute atomic E-state index is 12.7. The van der Waals surface area contributed by atoms with Gasteiger partial charge in [-0.3, -0.25) is 30.0 Å². The summed E-state index contributed by atoms with van der Waals surface area (Å²) in [5, 5.41) is 14.0. The second kappa shape index (κ2) is 8.37. The molecule has 0 atom stereocenters. The van der Waals surface area contributed by atoms with Crippen LogP contribution >= 0.6 is 11.3 Å². The monoisotopic (exact) mass is 423 g/mol. The fourth-order valence-corrected chi connectivity index (χ4v) is 4.16. The minimum atomic E-state index is -0.466. The first-order valence-electron chi connectivity index (χ1n) is 9.21. The lowest BCUT2D eigenvalue weighted by atomic mass is 10.1. The zero-order valence-corrected chi connectivity index (χ0v) is 16.6. The van der Waals surface area contributed by atoms with Crippen molar-refractivity contribution < 1.29 is 14.5 Å². The van der Waals surface area contributed by atoms with Crippen LogP contribution in [-0.2, 0) is 24.2 Å². The molecular weight excluding hydrogens is 406 g/mol. The van der Waals surface area contributed by atoms with Gasteiger partial charge in [0.15, 0.2) is 5.13 Å². The van der Waals surface area contributed by atoms with Crippen molar-refractivity contribution in [1.82, 2.24) is 14.9 Å². The Morgan fingerprint density at radius 1 is 1.20 bits per heavy atom. The Labute approximate surface area is 175 Å². The van der Waals surface area contributed by atoms with Gasteiger partial charge in [-0.2, -0.15) is 0 Å². The summed E-state index contributed by atoms with van der Waals surface area (Å²) < 4.78 is 0. The van der Waals surface area contributed by atoms with Crippen LogP contribution in [-0.4, -0.2) is 38.2 Å². The number of amides is 2. The summed E-state index contributed by atoms with van der Waals surface area (Å²) in [5.41, 5.74) is 1.92. The average molecular weight is 423 g/mol. The Kier molecular flexibility index (Phi) is 5.48. The van der Waals surface area contributed by atoms with Crippen molar-refractivity contribution in [3.05, 3.63) is 80.6 Å². The molecule has 4 rings (SSSR count). The number of carbonyl (C=O) groups is 2. The van der Waals surface area contributed by atoms with Gasteiger partial charge in [-0.25, -0.2) is 4.98 Å². The van der Waals surface area contributed by atoms with Crippen LogP contribution in [0.15, 0.2) is 48.7 Å². The summed E-state index contributed by atoms with van der Waals surface area (Å²) in [6, 6.07) is 11.1. The molecule has 0 bridgehead atoms. The van der Waals surface area contributed by atoms with E-state index in [1.807, 2.05) is 0 Å². The molecule has 1 aliphatic rings. The zero-order valence-electron chi connectivity index (χ0n) is 15.8. The molecule has 3 heterocycles. The molecule has 2 aromatic heterocycles. The number of hydrogen-bond acceptors (Lipinski definition) is 7. The largest absolute Gasteiger partial charge is 0.337 e. The quantitative estimate of drug-likeness (QED) is 0.498. The second-order valence-corrected chi connectivity index (χ2v) is 7.81. The molecule has 9 nitrogen and oxygen atoms in total. The van der Waals surface area contributed by atoms with Crippen LogP contribution in [0, 0.1) is 10.1 Å². The van der Waals surface area contributed by atoms with Crippen molar-refractivity contribution in [3.8, 4) is 0 Å². The number of nitrogens with zero attached hydrogens (tertiary/aromatic N) is 4. The van der Waals surface area contributed by atoms with Gasteiger partial charge < -0.3 is 4.90 Å². The summed E-state index contributed by atoms with van der Waals surface area (Å²) in [5.74, 6) is -0.380. The van der Waals surface area contributed by atoms with Crippen molar-refractivity contribution >= 4 is 34.0 Å². The molecule has 1 N–H and O–H groups in total. The van der Waals surface area contributed by atoms with E-state index in [4.69, 9.17) is 0 Å². The predicted molar refractivity (Wildman–Crippen MR) is 110 cm³/mol. The van der Waals surface area contributed by atoms with E-state index < -0.39 is 4.92 Å². The van der Waals surface area contributed by atoms with Crippen LogP contribution in [0.3, 0.4) is 0 Å². The van der Waals surface area contributed by atoms with Crippen LogP contribution in [0.2, 0.25) is 0 Å². The molecule has 10 heteroatoms. The molecule has 30 heavy (non-hydrogen) atoms. The maximum atomic E-state index is 12.7. The summed E-state index contributed by atoms with van der Waals surface area (Å²) in [4.78, 5) is 46.4. The first-order valence-corrected chi connectivity index (χ1v) is 10.0. The Morgan fingerprint density at radius 3 is 2.70 bits per heavy atom. The normalized spacial score (nSPS) is 12.9. The molecule has 2 amide bonds. The van der Waals surface area contributed by atoms with Gasteiger partial charge in [0.2, 0.25) is 5.91 Å². The van der Waals surface area contributed by atoms with Crippen LogP contribution < -0.4 is 5.32 Å². The minimum Gasteiger partial charge on any atom is -0.337 e. The standard InChI is InChI=1S/C20H17N5O4S/c26-18(11-13-4-6-14(7-5-13)25(28)29)24-10-8-15-17(12-24)30-20(22-15)23-19(27)16-3-1-2-9-21-16/h1-7,9H,8,10-12H2,(H,22,23,27). The predicted octanol–water partition coefficient (Wildman–Crippen LogP) is 2.83. The highest BCUT2D eigenvalue weighted by Crippen LogP contribution is 2.29. The molecule has 0 fully saturated rings. The van der Waals surface area contributed by atoms with E-state index >= 15 is 0 Å². The number of rotatable bonds is 5. The number of non-ortho nitro benzene ring substituents is 1. The number of thiazole rings is 1. The fourth-order valence-electron chi connectivity index (χ4n) is 3.14. The van der Waals surface area contributed by atoms with E-state index in [9.17, 15) is 19.7 Å². The van der Waals surface area contributed by atoms with Crippen molar-refractivity contribution in [2.75, 3.05) is 11.9 Å². The van der Waals surface area contributed by atoms with Crippen LogP contribution in [0.5, 0.6) is 0 Å². The third kappa shape index (κ3) is 4.33. The Hall–Kier alpha value is -3.66. The topological polar surface area (TPSA) is 118 Å². The smallest absolute Gasteiger partial charge is 0.276 e. The lowest BCUT2D eigenvalue weighted by Gasteiger charge is -2.26. The number of nitro benzene ring substituents is 1. The van der Waals surface area contributed by atoms with Crippen LogP contribution in [0.1, 0.15) is 26.6 Å². The van der Waals surface area contributed by atoms with E-state index in [1.165, 1.54) is 23.5 Å². The number of fused-ring (bicyclic) bond motifs is 1. The third-order valence-corrected chi connectivity index (χ3v) is 5.70. The molecular formula is C20H17N5O4S. The first-order chi connectivity index (χ1) is 14.5. The second-order valence-electron chi connectivity index (χ2n) is 6.72. The Bertz CT molecular complexity index is 1100. The number of aromatic nitrogens is 2. The summed E-state index contributed by atoms with van der Waals surface area (Å²) >= 11 is 1.35. The summed E-state index contributed by atoms with van der Waals surface area (Å²) in [6.45, 7) is 0.967. The summed E-state index contributed by atoms with van der Waals surface area (Å²) in [6.07, 6.45) is 2.34. The van der Waals surface area contributed by atoms with Gasteiger partial charge in [0, 0.05) is 36.2 Å². The van der Waals surface area contributed by atoms with Crippen molar-refractivity contribution in [1.29, 1.82) is 0 Å². The van der Waals surface area contributed by atoms with Crippen molar-refractivity contribution in [2.45, 2.75) is 19.4 Å². The van der Waals surface area contributed by atoms with Gasteiger partial charge in [-0.05, 0) is 17.7 Å². The van der Waals surface area contributed by atoms with Crippen molar-refractivity contribution in [3.63, 3.8) is 0 Å².